The number of carbonyl (C=O) groups is 1. The zero-order valence-electron chi connectivity index (χ0n) is 13.4. The molecule has 2 aromatic heterocycles. The largest absolute Gasteiger partial charge is 0.483 e. The Hall–Kier alpha value is -1.97. The van der Waals surface area contributed by atoms with Crippen LogP contribution in [0.2, 0.25) is 0 Å². The monoisotopic (exact) mass is 343 g/mol. The summed E-state index contributed by atoms with van der Waals surface area (Å²) >= 11 is 1.42. The van der Waals surface area contributed by atoms with Crippen molar-refractivity contribution in [1.82, 2.24) is 9.13 Å². The molecule has 2 heterocycles. The number of fused-ring (bicyclic) bond motifs is 1. The van der Waals surface area contributed by atoms with Gasteiger partial charge in [0.15, 0.2) is 0 Å². The topological polar surface area (TPSA) is 117 Å². The van der Waals surface area contributed by atoms with E-state index in [0.29, 0.717) is 36.5 Å². The number of rotatable bonds is 5. The molecule has 128 valence electrons. The summed E-state index contributed by atoms with van der Waals surface area (Å²) in [5.41, 5.74) is 6.08. The van der Waals surface area contributed by atoms with Gasteiger partial charge in [0, 0.05) is 25.1 Å². The fourth-order valence-electron chi connectivity index (χ4n) is 2.29. The van der Waals surface area contributed by atoms with E-state index in [1.165, 1.54) is 15.9 Å². The molecule has 0 saturated carbocycles. The highest BCUT2D eigenvalue weighted by Gasteiger charge is 2.18. The average Bonchev–Trinajstić information content (AvgIpc) is 2.85. The van der Waals surface area contributed by atoms with Crippen LogP contribution < -0.4 is 17.0 Å². The zero-order valence-corrected chi connectivity index (χ0v) is 14.2. The lowest BCUT2D eigenvalue weighted by molar-refractivity contribution is -0.122. The van der Waals surface area contributed by atoms with Crippen molar-refractivity contribution in [3.63, 3.8) is 0 Å². The van der Waals surface area contributed by atoms with Crippen LogP contribution in [0.25, 0.3) is 10.2 Å². The van der Waals surface area contributed by atoms with Crippen LogP contribution in [0.3, 0.4) is 0 Å². The van der Waals surface area contributed by atoms with Gasteiger partial charge in [0.2, 0.25) is 0 Å². The van der Waals surface area contributed by atoms with Gasteiger partial charge in [-0.3, -0.25) is 18.7 Å². The molecule has 0 fully saturated rings. The number of carboxylic acid groups (broad SMARTS) is 1. The second kappa shape index (κ2) is 8.61. The molecule has 3 N–H and O–H groups in total. The molecule has 0 unspecified atom stereocenters. The van der Waals surface area contributed by atoms with E-state index in [-0.39, 0.29) is 17.7 Å². The minimum Gasteiger partial charge on any atom is -0.483 e. The van der Waals surface area contributed by atoms with Gasteiger partial charge in [-0.15, -0.1) is 11.3 Å². The van der Waals surface area contributed by atoms with Crippen LogP contribution in [0.15, 0.2) is 9.59 Å². The smallest absolute Gasteiger partial charge is 0.332 e. The van der Waals surface area contributed by atoms with Crippen molar-refractivity contribution in [1.29, 1.82) is 0 Å². The minimum absolute atomic E-state index is 0.227. The molecule has 0 radical (unpaired) electrons. The van der Waals surface area contributed by atoms with Gasteiger partial charge >= 0.3 is 5.69 Å². The third-order valence-corrected chi connectivity index (χ3v) is 4.75. The van der Waals surface area contributed by atoms with Gasteiger partial charge in [0.25, 0.3) is 12.0 Å². The summed E-state index contributed by atoms with van der Waals surface area (Å²) in [6, 6.07) is 0. The maximum atomic E-state index is 12.4. The van der Waals surface area contributed by atoms with E-state index in [0.717, 1.165) is 10.4 Å². The van der Waals surface area contributed by atoms with E-state index in [9.17, 15) is 9.59 Å². The van der Waals surface area contributed by atoms with Crippen LogP contribution in [0.5, 0.6) is 0 Å². The van der Waals surface area contributed by atoms with E-state index in [2.05, 4.69) is 0 Å². The molecular formula is C14H21N3O5S. The highest BCUT2D eigenvalue weighted by atomic mass is 32.1. The van der Waals surface area contributed by atoms with Crippen molar-refractivity contribution < 1.29 is 14.6 Å². The van der Waals surface area contributed by atoms with E-state index < -0.39 is 0 Å². The standard InChI is InChI=1S/C13H19N3O3S.CH2O2/c1-4-15-11(17)10-8(2)9(7-14)20-12(10)16(13(15)18)5-6-19-3;2-1-3/h4-7,14H2,1-3H3;1H,(H,2,3). The minimum atomic E-state index is -0.285. The quantitative estimate of drug-likeness (QED) is 0.757. The van der Waals surface area contributed by atoms with E-state index in [4.69, 9.17) is 20.4 Å². The first-order valence-electron chi connectivity index (χ1n) is 7.00. The molecule has 0 saturated heterocycles. The molecule has 2 rings (SSSR count). The predicted octanol–water partition coefficient (Wildman–Crippen LogP) is 0.359. The molecule has 23 heavy (non-hydrogen) atoms. The van der Waals surface area contributed by atoms with Gasteiger partial charge in [0.05, 0.1) is 18.5 Å². The number of aryl methyl sites for hydroxylation is 1. The summed E-state index contributed by atoms with van der Waals surface area (Å²) in [6.45, 7) is 5.00. The number of hydrogen-bond acceptors (Lipinski definition) is 6. The van der Waals surface area contributed by atoms with Gasteiger partial charge in [-0.05, 0) is 19.4 Å². The van der Waals surface area contributed by atoms with E-state index >= 15 is 0 Å². The molecule has 0 amide bonds. The Balaban J connectivity index is 0.000000816. The maximum absolute atomic E-state index is 12.4. The van der Waals surface area contributed by atoms with Gasteiger partial charge in [-0.1, -0.05) is 0 Å². The number of nitrogens with zero attached hydrogens (tertiary/aromatic N) is 2. The van der Waals surface area contributed by atoms with Crippen LogP contribution in [-0.4, -0.2) is 34.4 Å². The molecule has 2 aromatic rings. The molecule has 0 spiro atoms. The summed E-state index contributed by atoms with van der Waals surface area (Å²) in [5, 5.41) is 7.49. The highest BCUT2D eigenvalue weighted by molar-refractivity contribution is 7.18. The Bertz CT molecular complexity index is 790. The summed E-state index contributed by atoms with van der Waals surface area (Å²) < 4.78 is 7.92. The van der Waals surface area contributed by atoms with Gasteiger partial charge in [0.1, 0.15) is 4.83 Å². The first kappa shape index (κ1) is 19.1. The number of methoxy groups -OCH3 is 1. The summed E-state index contributed by atoms with van der Waals surface area (Å²) in [7, 11) is 1.59. The number of nitrogens with two attached hydrogens (primary N) is 1. The normalized spacial score (nSPS) is 10.4. The molecule has 0 aliphatic carbocycles. The lowest BCUT2D eigenvalue weighted by Gasteiger charge is -2.10. The number of ether oxygens (including phenoxy) is 1. The maximum Gasteiger partial charge on any atom is 0.332 e. The van der Waals surface area contributed by atoms with Crippen LogP contribution in [0.4, 0.5) is 0 Å². The lowest BCUT2D eigenvalue weighted by Crippen LogP contribution is -2.39. The molecular weight excluding hydrogens is 322 g/mol. The summed E-state index contributed by atoms with van der Waals surface area (Å²) in [5.74, 6) is 0. The Labute approximate surface area is 136 Å². The van der Waals surface area contributed by atoms with Gasteiger partial charge in [-0.25, -0.2) is 4.79 Å². The summed E-state index contributed by atoms with van der Waals surface area (Å²) in [4.78, 5) is 34.8. The van der Waals surface area contributed by atoms with Crippen LogP contribution in [0.1, 0.15) is 17.4 Å². The summed E-state index contributed by atoms with van der Waals surface area (Å²) in [6.07, 6.45) is 0. The number of aromatic nitrogens is 2. The Morgan fingerprint density at radius 3 is 2.43 bits per heavy atom. The molecule has 8 nitrogen and oxygen atoms in total. The predicted molar refractivity (Wildman–Crippen MR) is 89.2 cm³/mol. The van der Waals surface area contributed by atoms with Crippen molar-refractivity contribution in [2.75, 3.05) is 13.7 Å². The van der Waals surface area contributed by atoms with Gasteiger partial charge < -0.3 is 15.6 Å². The third kappa shape index (κ3) is 3.69. The average molecular weight is 343 g/mol. The second-order valence-corrected chi connectivity index (χ2v) is 5.70. The Kier molecular flexibility index (Phi) is 7.14. The third-order valence-electron chi connectivity index (χ3n) is 3.41. The van der Waals surface area contributed by atoms with Crippen LogP contribution >= 0.6 is 11.3 Å². The SMILES string of the molecule is CCn1c(=O)c2c(C)c(CN)sc2n(CCOC)c1=O.O=CO. The highest BCUT2D eigenvalue weighted by Crippen LogP contribution is 2.27. The van der Waals surface area contributed by atoms with Crippen molar-refractivity contribution in [2.24, 2.45) is 5.73 Å². The molecule has 0 bridgehead atoms. The molecule has 0 atom stereocenters. The van der Waals surface area contributed by atoms with Crippen molar-refractivity contribution in [3.8, 4) is 0 Å². The Morgan fingerprint density at radius 1 is 1.35 bits per heavy atom. The van der Waals surface area contributed by atoms with Gasteiger partial charge in [-0.2, -0.15) is 0 Å². The van der Waals surface area contributed by atoms with Crippen molar-refractivity contribution in [2.45, 2.75) is 33.5 Å². The zero-order chi connectivity index (χ0) is 17.6. The number of thiophene rings is 1. The van der Waals surface area contributed by atoms with Crippen LogP contribution in [0, 0.1) is 6.92 Å². The van der Waals surface area contributed by atoms with Crippen LogP contribution in [-0.2, 0) is 29.2 Å². The first-order valence-corrected chi connectivity index (χ1v) is 7.82. The van der Waals surface area contributed by atoms with E-state index in [1.807, 2.05) is 6.92 Å². The fraction of sp³-hybridized carbons (Fsp3) is 0.500. The first-order chi connectivity index (χ1) is 11.0. The second-order valence-electron chi connectivity index (χ2n) is 4.62. The van der Waals surface area contributed by atoms with Crippen molar-refractivity contribution in [3.05, 3.63) is 31.3 Å². The molecule has 0 aromatic carbocycles. The van der Waals surface area contributed by atoms with E-state index in [1.54, 1.807) is 18.6 Å². The molecule has 0 aliphatic heterocycles. The molecule has 9 heteroatoms. The lowest BCUT2D eigenvalue weighted by atomic mass is 10.2. The molecule has 0 aliphatic rings. The fourth-order valence-corrected chi connectivity index (χ4v) is 3.49. The Morgan fingerprint density at radius 2 is 1.96 bits per heavy atom. The van der Waals surface area contributed by atoms with Crippen molar-refractivity contribution >= 4 is 28.0 Å². The number of hydrogen-bond donors (Lipinski definition) is 2.